The van der Waals surface area contributed by atoms with E-state index in [9.17, 15) is 5.11 Å². The summed E-state index contributed by atoms with van der Waals surface area (Å²) in [5.74, 6) is 0.0474. The summed E-state index contributed by atoms with van der Waals surface area (Å²) in [5.41, 5.74) is 2.23. The molecular weight excluding hydrogens is 284 g/mol. The zero-order valence-corrected chi connectivity index (χ0v) is 13.5. The second-order valence-corrected chi connectivity index (χ2v) is 6.83. The van der Waals surface area contributed by atoms with Crippen molar-refractivity contribution in [2.45, 2.75) is 50.5 Å². The van der Waals surface area contributed by atoms with E-state index < -0.39 is 5.60 Å². The quantitative estimate of drug-likeness (QED) is 0.705. The van der Waals surface area contributed by atoms with Crippen LogP contribution in [0.5, 0.6) is 0 Å². The van der Waals surface area contributed by atoms with Crippen LogP contribution in [0.15, 0.2) is 42.6 Å². The second-order valence-electron chi connectivity index (χ2n) is 6.83. The molecule has 0 aliphatic heterocycles. The molecule has 0 amide bonds. The van der Waals surface area contributed by atoms with Gasteiger partial charge in [-0.2, -0.15) is 0 Å². The Morgan fingerprint density at radius 3 is 2.43 bits per heavy atom. The average molecular weight is 306 g/mol. The molecule has 1 saturated carbocycles. The number of benzene rings is 1. The van der Waals surface area contributed by atoms with Gasteiger partial charge in [0.25, 0.3) is 0 Å². The van der Waals surface area contributed by atoms with Crippen LogP contribution in [0.4, 0.5) is 0 Å². The molecule has 3 heteroatoms. The van der Waals surface area contributed by atoms with Crippen molar-refractivity contribution in [2.24, 2.45) is 0 Å². The van der Waals surface area contributed by atoms with Crippen molar-refractivity contribution in [1.82, 2.24) is 9.97 Å². The van der Waals surface area contributed by atoms with E-state index in [4.69, 9.17) is 4.98 Å². The maximum atomic E-state index is 11.0. The predicted octanol–water partition coefficient (Wildman–Crippen LogP) is 4.58. The van der Waals surface area contributed by atoms with Crippen LogP contribution in [-0.4, -0.2) is 20.7 Å². The minimum Gasteiger partial charge on any atom is -0.389 e. The molecule has 2 aromatic heterocycles. The molecule has 1 aromatic carbocycles. The minimum absolute atomic E-state index is 0.0474. The molecule has 3 aromatic rings. The van der Waals surface area contributed by atoms with Gasteiger partial charge in [-0.3, -0.25) is 9.97 Å². The van der Waals surface area contributed by atoms with Gasteiger partial charge in [-0.25, -0.2) is 0 Å². The minimum atomic E-state index is -0.614. The van der Waals surface area contributed by atoms with E-state index in [1.165, 1.54) is 6.42 Å². The normalized spacial score (nSPS) is 19.0. The van der Waals surface area contributed by atoms with Gasteiger partial charge in [-0.15, -0.1) is 0 Å². The molecule has 0 saturated heterocycles. The highest BCUT2D eigenvalue weighted by molar-refractivity contribution is 6.02. The Labute approximate surface area is 136 Å². The van der Waals surface area contributed by atoms with Crippen molar-refractivity contribution in [3.63, 3.8) is 0 Å². The van der Waals surface area contributed by atoms with Crippen molar-refractivity contribution in [3.05, 3.63) is 48.3 Å². The van der Waals surface area contributed by atoms with E-state index >= 15 is 0 Å². The van der Waals surface area contributed by atoms with Gasteiger partial charge in [0.15, 0.2) is 0 Å². The SMILES string of the molecule is CC(c1ccc2ccc3cccnc3c2n1)C1(O)CCCCC1. The number of hydrogen-bond acceptors (Lipinski definition) is 3. The van der Waals surface area contributed by atoms with E-state index in [0.717, 1.165) is 53.2 Å². The zero-order valence-electron chi connectivity index (χ0n) is 13.5. The fraction of sp³-hybridized carbons (Fsp3) is 0.400. The third-order valence-corrected chi connectivity index (χ3v) is 5.42. The third kappa shape index (κ3) is 2.49. The van der Waals surface area contributed by atoms with Crippen LogP contribution in [0.3, 0.4) is 0 Å². The summed E-state index contributed by atoms with van der Waals surface area (Å²) >= 11 is 0. The Bertz CT molecular complexity index is 853. The van der Waals surface area contributed by atoms with Crippen LogP contribution in [-0.2, 0) is 0 Å². The fourth-order valence-electron chi connectivity index (χ4n) is 3.85. The summed E-state index contributed by atoms with van der Waals surface area (Å²) < 4.78 is 0. The molecule has 118 valence electrons. The predicted molar refractivity (Wildman–Crippen MR) is 93.5 cm³/mol. The highest BCUT2D eigenvalue weighted by atomic mass is 16.3. The van der Waals surface area contributed by atoms with Crippen molar-refractivity contribution >= 4 is 21.8 Å². The van der Waals surface area contributed by atoms with Gasteiger partial charge < -0.3 is 5.11 Å². The maximum Gasteiger partial charge on any atom is 0.0968 e. The van der Waals surface area contributed by atoms with Crippen LogP contribution in [0.25, 0.3) is 21.8 Å². The first kappa shape index (κ1) is 14.6. The molecule has 1 atom stereocenters. The zero-order chi connectivity index (χ0) is 15.9. The molecule has 0 bridgehead atoms. The molecule has 0 spiro atoms. The fourth-order valence-corrected chi connectivity index (χ4v) is 3.85. The lowest BCUT2D eigenvalue weighted by atomic mass is 9.75. The van der Waals surface area contributed by atoms with Gasteiger partial charge in [0.2, 0.25) is 0 Å². The summed E-state index contributed by atoms with van der Waals surface area (Å²) in [6.45, 7) is 2.11. The molecule has 2 heterocycles. The molecule has 1 aliphatic rings. The number of rotatable bonds is 2. The first-order valence-corrected chi connectivity index (χ1v) is 8.54. The van der Waals surface area contributed by atoms with Crippen LogP contribution >= 0.6 is 0 Å². The lowest BCUT2D eigenvalue weighted by Gasteiger charge is -2.37. The maximum absolute atomic E-state index is 11.0. The Hall–Kier alpha value is -2.00. The number of nitrogens with zero attached hydrogens (tertiary/aromatic N) is 2. The summed E-state index contributed by atoms with van der Waals surface area (Å²) in [7, 11) is 0. The van der Waals surface area contributed by atoms with Crippen molar-refractivity contribution in [2.75, 3.05) is 0 Å². The van der Waals surface area contributed by atoms with Crippen molar-refractivity contribution in [1.29, 1.82) is 0 Å². The van der Waals surface area contributed by atoms with Crippen molar-refractivity contribution < 1.29 is 5.11 Å². The molecule has 0 radical (unpaired) electrons. The molecule has 3 nitrogen and oxygen atoms in total. The number of aliphatic hydroxyl groups is 1. The van der Waals surface area contributed by atoms with E-state index in [1.54, 1.807) is 0 Å². The van der Waals surface area contributed by atoms with E-state index in [-0.39, 0.29) is 5.92 Å². The van der Waals surface area contributed by atoms with Crippen LogP contribution in [0.1, 0.15) is 50.6 Å². The summed E-state index contributed by atoms with van der Waals surface area (Å²) in [6.07, 6.45) is 7.02. The lowest BCUT2D eigenvalue weighted by molar-refractivity contribution is -0.0178. The summed E-state index contributed by atoms with van der Waals surface area (Å²) in [6, 6.07) is 12.4. The standard InChI is InChI=1S/C20H22N2O/c1-14(20(23)11-3-2-4-12-20)17-10-9-16-8-7-15-6-5-13-21-18(15)19(16)22-17/h5-10,13-14,23H,2-4,11-12H2,1H3. The smallest absolute Gasteiger partial charge is 0.0968 e. The first-order chi connectivity index (χ1) is 11.2. The first-order valence-electron chi connectivity index (χ1n) is 8.54. The third-order valence-electron chi connectivity index (χ3n) is 5.42. The van der Waals surface area contributed by atoms with Gasteiger partial charge in [0.1, 0.15) is 0 Å². The second kappa shape index (κ2) is 5.57. The molecular formula is C20H22N2O. The molecule has 4 rings (SSSR count). The Balaban J connectivity index is 1.83. The molecule has 1 unspecified atom stereocenters. The summed E-state index contributed by atoms with van der Waals surface area (Å²) in [5, 5.41) is 13.2. The lowest BCUT2D eigenvalue weighted by Crippen LogP contribution is -2.37. The number of fused-ring (bicyclic) bond motifs is 3. The van der Waals surface area contributed by atoms with E-state index in [0.29, 0.717) is 0 Å². The molecule has 23 heavy (non-hydrogen) atoms. The van der Waals surface area contributed by atoms with Gasteiger partial charge in [0.05, 0.1) is 16.6 Å². The topological polar surface area (TPSA) is 46.0 Å². The molecule has 1 aliphatic carbocycles. The molecule has 1 N–H and O–H groups in total. The Morgan fingerprint density at radius 1 is 0.957 bits per heavy atom. The molecule has 1 fully saturated rings. The number of pyridine rings is 2. The van der Waals surface area contributed by atoms with Crippen LogP contribution in [0, 0.1) is 0 Å². The van der Waals surface area contributed by atoms with Gasteiger partial charge in [0, 0.05) is 28.6 Å². The van der Waals surface area contributed by atoms with Crippen LogP contribution < -0.4 is 0 Å². The Kier molecular flexibility index (Phi) is 3.53. The number of hydrogen-bond donors (Lipinski definition) is 1. The van der Waals surface area contributed by atoms with Crippen molar-refractivity contribution in [3.8, 4) is 0 Å². The van der Waals surface area contributed by atoms with Crippen LogP contribution in [0.2, 0.25) is 0 Å². The van der Waals surface area contributed by atoms with E-state index in [2.05, 4.69) is 42.2 Å². The highest BCUT2D eigenvalue weighted by Crippen LogP contribution is 2.39. The van der Waals surface area contributed by atoms with E-state index in [1.807, 2.05) is 12.3 Å². The van der Waals surface area contributed by atoms with Gasteiger partial charge >= 0.3 is 0 Å². The van der Waals surface area contributed by atoms with Gasteiger partial charge in [-0.05, 0) is 25.0 Å². The Morgan fingerprint density at radius 2 is 1.65 bits per heavy atom. The average Bonchev–Trinajstić information content (AvgIpc) is 2.61. The highest BCUT2D eigenvalue weighted by Gasteiger charge is 2.36. The monoisotopic (exact) mass is 306 g/mol. The summed E-state index contributed by atoms with van der Waals surface area (Å²) in [4.78, 5) is 9.42. The number of aromatic nitrogens is 2. The van der Waals surface area contributed by atoms with Gasteiger partial charge in [-0.1, -0.05) is 50.5 Å². The largest absolute Gasteiger partial charge is 0.389 e.